The number of unbranched alkanes of at least 4 members (excludes halogenated alkanes) is 1. The molecule has 0 bridgehead atoms. The number of nitrogens with zero attached hydrogens (tertiary/aromatic N) is 2. The van der Waals surface area contributed by atoms with Crippen molar-refractivity contribution in [3.05, 3.63) is 23.8 Å². The SMILES string of the molecule is CCCCOCN1CCN(CC)c2cccc3c2C(C(=O)C1)[C@H](C(C)C)N3. The van der Waals surface area contributed by atoms with Crippen molar-refractivity contribution in [1.82, 2.24) is 4.90 Å². The van der Waals surface area contributed by atoms with Crippen LogP contribution in [0.2, 0.25) is 0 Å². The summed E-state index contributed by atoms with van der Waals surface area (Å²) < 4.78 is 5.84. The molecule has 27 heavy (non-hydrogen) atoms. The molecule has 2 heterocycles. The molecule has 0 spiro atoms. The third-order valence-electron chi connectivity index (χ3n) is 5.84. The number of Topliss-reactive ketones (excluding diaryl/α,β-unsaturated/α-hetero) is 1. The van der Waals surface area contributed by atoms with Gasteiger partial charge in [-0.2, -0.15) is 0 Å². The largest absolute Gasteiger partial charge is 0.381 e. The van der Waals surface area contributed by atoms with E-state index in [0.29, 0.717) is 25.0 Å². The second-order valence-electron chi connectivity index (χ2n) is 8.12. The fourth-order valence-electron chi connectivity index (χ4n) is 4.30. The Morgan fingerprint density at radius 3 is 2.78 bits per heavy atom. The molecule has 2 aliphatic heterocycles. The zero-order valence-electron chi connectivity index (χ0n) is 17.3. The van der Waals surface area contributed by atoms with E-state index in [9.17, 15) is 4.79 Å². The fraction of sp³-hybridized carbons (Fsp3) is 0.682. The lowest BCUT2D eigenvalue weighted by atomic mass is 9.84. The standard InChI is InChI=1S/C22H35N3O2/c1-5-7-13-27-15-24-11-12-25(6-2)18-10-8-9-17-20(18)21(19(26)14-24)22(23-17)16(3)4/h8-10,16,21-23H,5-7,11-15H2,1-4H3/t21?,22-/m0/s1. The Morgan fingerprint density at radius 2 is 2.07 bits per heavy atom. The van der Waals surface area contributed by atoms with Gasteiger partial charge >= 0.3 is 0 Å². The number of ether oxygens (including phenoxy) is 1. The third-order valence-corrected chi connectivity index (χ3v) is 5.84. The van der Waals surface area contributed by atoms with Crippen LogP contribution in [0.5, 0.6) is 0 Å². The summed E-state index contributed by atoms with van der Waals surface area (Å²) in [5, 5.41) is 3.64. The molecule has 150 valence electrons. The molecular formula is C22H35N3O2. The van der Waals surface area contributed by atoms with Gasteiger partial charge in [0, 0.05) is 49.2 Å². The van der Waals surface area contributed by atoms with E-state index >= 15 is 0 Å². The smallest absolute Gasteiger partial charge is 0.156 e. The summed E-state index contributed by atoms with van der Waals surface area (Å²) >= 11 is 0. The van der Waals surface area contributed by atoms with Crippen molar-refractivity contribution >= 4 is 17.2 Å². The van der Waals surface area contributed by atoms with Crippen molar-refractivity contribution in [2.75, 3.05) is 49.7 Å². The normalized spacial score (nSPS) is 23.0. The molecule has 2 aliphatic rings. The Morgan fingerprint density at radius 1 is 1.26 bits per heavy atom. The summed E-state index contributed by atoms with van der Waals surface area (Å²) in [7, 11) is 0. The predicted octanol–water partition coefficient (Wildman–Crippen LogP) is 3.71. The topological polar surface area (TPSA) is 44.8 Å². The quantitative estimate of drug-likeness (QED) is 0.738. The number of likely N-dealkylation sites (N-methyl/N-ethyl adjacent to an activating group) is 1. The van der Waals surface area contributed by atoms with Gasteiger partial charge in [-0.1, -0.05) is 33.3 Å². The highest BCUT2D eigenvalue weighted by atomic mass is 16.5. The van der Waals surface area contributed by atoms with Gasteiger partial charge in [0.1, 0.15) is 0 Å². The number of anilines is 2. The van der Waals surface area contributed by atoms with Crippen molar-refractivity contribution in [2.24, 2.45) is 5.92 Å². The molecule has 0 aromatic heterocycles. The zero-order chi connectivity index (χ0) is 19.4. The van der Waals surface area contributed by atoms with Gasteiger partial charge in [0.2, 0.25) is 0 Å². The summed E-state index contributed by atoms with van der Waals surface area (Å²) in [6.45, 7) is 13.2. The van der Waals surface area contributed by atoms with E-state index in [-0.39, 0.29) is 12.0 Å². The average Bonchev–Trinajstić information content (AvgIpc) is 3.07. The first-order valence-electron chi connectivity index (χ1n) is 10.5. The van der Waals surface area contributed by atoms with E-state index in [4.69, 9.17) is 4.74 Å². The van der Waals surface area contributed by atoms with E-state index in [0.717, 1.165) is 44.8 Å². The minimum Gasteiger partial charge on any atom is -0.381 e. The molecule has 0 radical (unpaired) electrons. The van der Waals surface area contributed by atoms with E-state index in [1.54, 1.807) is 0 Å². The maximum Gasteiger partial charge on any atom is 0.156 e. The Bertz CT molecular complexity index is 646. The van der Waals surface area contributed by atoms with Crippen LogP contribution in [-0.4, -0.2) is 56.2 Å². The van der Waals surface area contributed by atoms with Gasteiger partial charge < -0.3 is 15.0 Å². The highest BCUT2D eigenvalue weighted by molar-refractivity contribution is 5.95. The van der Waals surface area contributed by atoms with Crippen LogP contribution in [0.25, 0.3) is 0 Å². The number of carbonyl (C=O) groups is 1. The highest BCUT2D eigenvalue weighted by Crippen LogP contribution is 2.45. The molecule has 1 aromatic rings. The van der Waals surface area contributed by atoms with Gasteiger partial charge in [0.15, 0.2) is 5.78 Å². The first-order chi connectivity index (χ1) is 13.1. The molecule has 2 atom stereocenters. The number of hydrogen-bond donors (Lipinski definition) is 1. The van der Waals surface area contributed by atoms with Gasteiger partial charge in [-0.3, -0.25) is 9.69 Å². The van der Waals surface area contributed by atoms with E-state index in [1.807, 2.05) is 0 Å². The predicted molar refractivity (Wildman–Crippen MR) is 112 cm³/mol. The summed E-state index contributed by atoms with van der Waals surface area (Å²) in [5.74, 6) is 0.621. The number of rotatable bonds is 7. The Hall–Kier alpha value is -1.59. The molecule has 5 nitrogen and oxygen atoms in total. The number of nitrogens with one attached hydrogen (secondary N) is 1. The van der Waals surface area contributed by atoms with Crippen LogP contribution in [-0.2, 0) is 9.53 Å². The molecule has 0 aliphatic carbocycles. The molecular weight excluding hydrogens is 338 g/mol. The number of ketones is 1. The Labute approximate surface area is 164 Å². The van der Waals surface area contributed by atoms with Crippen LogP contribution in [0.1, 0.15) is 52.0 Å². The fourth-order valence-corrected chi connectivity index (χ4v) is 4.30. The van der Waals surface area contributed by atoms with Gasteiger partial charge in [-0.05, 0) is 31.4 Å². The number of hydrogen-bond acceptors (Lipinski definition) is 5. The average molecular weight is 374 g/mol. The number of benzene rings is 1. The van der Waals surface area contributed by atoms with Crippen LogP contribution in [0.3, 0.4) is 0 Å². The van der Waals surface area contributed by atoms with Crippen molar-refractivity contribution in [2.45, 2.75) is 52.5 Å². The van der Waals surface area contributed by atoms with Crippen LogP contribution in [0.15, 0.2) is 18.2 Å². The molecule has 0 saturated carbocycles. The summed E-state index contributed by atoms with van der Waals surface area (Å²) in [6.07, 6.45) is 2.20. The van der Waals surface area contributed by atoms with Crippen LogP contribution >= 0.6 is 0 Å². The van der Waals surface area contributed by atoms with E-state index in [2.05, 4.69) is 61.0 Å². The third kappa shape index (κ3) is 4.30. The molecule has 0 fully saturated rings. The van der Waals surface area contributed by atoms with Crippen molar-refractivity contribution < 1.29 is 9.53 Å². The molecule has 1 aromatic carbocycles. The highest BCUT2D eigenvalue weighted by Gasteiger charge is 2.41. The second-order valence-corrected chi connectivity index (χ2v) is 8.12. The zero-order valence-corrected chi connectivity index (χ0v) is 17.3. The molecule has 3 rings (SSSR count). The molecule has 0 amide bonds. The maximum atomic E-state index is 13.4. The van der Waals surface area contributed by atoms with E-state index in [1.165, 1.54) is 11.3 Å². The molecule has 1 N–H and O–H groups in total. The minimum absolute atomic E-state index is 0.0820. The first kappa shape index (κ1) is 20.2. The minimum atomic E-state index is -0.0820. The lowest BCUT2D eigenvalue weighted by Crippen LogP contribution is -2.40. The molecule has 1 unspecified atom stereocenters. The first-order valence-corrected chi connectivity index (χ1v) is 10.5. The van der Waals surface area contributed by atoms with Crippen molar-refractivity contribution in [3.63, 3.8) is 0 Å². The Balaban J connectivity index is 1.89. The summed E-state index contributed by atoms with van der Waals surface area (Å²) in [4.78, 5) is 18.0. The van der Waals surface area contributed by atoms with Crippen molar-refractivity contribution in [3.8, 4) is 0 Å². The van der Waals surface area contributed by atoms with Gasteiger partial charge in [0.05, 0.1) is 19.2 Å². The second kappa shape index (κ2) is 9.07. The van der Waals surface area contributed by atoms with Crippen molar-refractivity contribution in [1.29, 1.82) is 0 Å². The monoisotopic (exact) mass is 373 g/mol. The molecule has 0 saturated heterocycles. The summed E-state index contributed by atoms with van der Waals surface area (Å²) in [6, 6.07) is 6.57. The molecule has 5 heteroatoms. The lowest BCUT2D eigenvalue weighted by Gasteiger charge is -2.27. The summed E-state index contributed by atoms with van der Waals surface area (Å²) in [5.41, 5.74) is 3.56. The number of carbonyl (C=O) groups excluding carboxylic acids is 1. The van der Waals surface area contributed by atoms with Gasteiger partial charge in [0.25, 0.3) is 0 Å². The lowest BCUT2D eigenvalue weighted by molar-refractivity contribution is -0.123. The van der Waals surface area contributed by atoms with E-state index < -0.39 is 0 Å². The van der Waals surface area contributed by atoms with Gasteiger partial charge in [-0.25, -0.2) is 0 Å². The van der Waals surface area contributed by atoms with Gasteiger partial charge in [-0.15, -0.1) is 0 Å². The Kier molecular flexibility index (Phi) is 6.77. The van der Waals surface area contributed by atoms with Crippen LogP contribution < -0.4 is 10.2 Å². The maximum absolute atomic E-state index is 13.4. The van der Waals surface area contributed by atoms with Crippen LogP contribution in [0, 0.1) is 5.92 Å². The van der Waals surface area contributed by atoms with Crippen LogP contribution in [0.4, 0.5) is 11.4 Å².